The number of halogens is 3. The molecular weight excluding hydrogens is 259 g/mol. The predicted octanol–water partition coefficient (Wildman–Crippen LogP) is 2.62. The van der Waals surface area contributed by atoms with Crippen molar-refractivity contribution in [3.05, 3.63) is 29.6 Å². The molecule has 0 atom stereocenters. The molecule has 0 spiro atoms. The van der Waals surface area contributed by atoms with Gasteiger partial charge in [0.1, 0.15) is 11.4 Å². The molecule has 1 saturated carbocycles. The normalized spacial score (nSPS) is 17.7. The summed E-state index contributed by atoms with van der Waals surface area (Å²) in [6.45, 7) is 1.38. The van der Waals surface area contributed by atoms with Crippen molar-refractivity contribution in [1.82, 2.24) is 0 Å². The molecule has 0 heterocycles. The Labute approximate surface area is 108 Å². The molecule has 1 aliphatic carbocycles. The molecule has 2 N–H and O–H groups in total. The van der Waals surface area contributed by atoms with E-state index in [4.69, 9.17) is 0 Å². The highest BCUT2D eigenvalue weighted by Crippen LogP contribution is 2.44. The Morgan fingerprint density at radius 1 is 1.42 bits per heavy atom. The zero-order chi connectivity index (χ0) is 14.3. The Kier molecular flexibility index (Phi) is 3.30. The van der Waals surface area contributed by atoms with Gasteiger partial charge in [0.2, 0.25) is 0 Å². The van der Waals surface area contributed by atoms with Crippen LogP contribution in [0.5, 0.6) is 0 Å². The first-order valence-corrected chi connectivity index (χ1v) is 5.95. The number of carbonyl (C=O) groups excluding carboxylic acids is 1. The van der Waals surface area contributed by atoms with Crippen molar-refractivity contribution in [3.63, 3.8) is 0 Å². The number of benzene rings is 1. The Hall–Kier alpha value is -1.56. The maximum atomic E-state index is 13.8. The van der Waals surface area contributed by atoms with Crippen molar-refractivity contribution in [1.29, 1.82) is 0 Å². The fraction of sp³-hybridized carbons (Fsp3) is 0.462. The van der Waals surface area contributed by atoms with Crippen LogP contribution in [0.4, 0.5) is 18.9 Å². The molecule has 2 rings (SSSR count). The maximum Gasteiger partial charge on any atom is 0.352 e. The second-order valence-corrected chi connectivity index (χ2v) is 4.83. The van der Waals surface area contributed by atoms with Crippen molar-refractivity contribution in [2.75, 3.05) is 5.32 Å². The summed E-state index contributed by atoms with van der Waals surface area (Å²) in [6.07, 6.45) is 0.226. The molecule has 6 heteroatoms. The number of amides is 1. The van der Waals surface area contributed by atoms with E-state index in [-0.39, 0.29) is 24.1 Å². The summed E-state index contributed by atoms with van der Waals surface area (Å²) in [5.74, 6) is -6.09. The third-order valence-corrected chi connectivity index (χ3v) is 3.57. The van der Waals surface area contributed by atoms with Crippen molar-refractivity contribution in [3.8, 4) is 0 Å². The first-order chi connectivity index (χ1) is 8.78. The minimum Gasteiger partial charge on any atom is -0.383 e. The molecule has 0 saturated heterocycles. The average Bonchev–Trinajstić information content (AvgIpc) is 2.31. The molecule has 1 amide bonds. The van der Waals surface area contributed by atoms with Crippen LogP contribution in [-0.4, -0.2) is 22.5 Å². The van der Waals surface area contributed by atoms with Gasteiger partial charge >= 0.3 is 5.92 Å². The molecule has 1 aromatic rings. The lowest BCUT2D eigenvalue weighted by Gasteiger charge is -2.41. The quantitative estimate of drug-likeness (QED) is 0.889. The number of rotatable bonds is 3. The summed E-state index contributed by atoms with van der Waals surface area (Å²) in [4.78, 5) is 11.6. The molecule has 1 aliphatic rings. The predicted molar refractivity (Wildman–Crippen MR) is 63.5 cm³/mol. The van der Waals surface area contributed by atoms with E-state index in [9.17, 15) is 23.1 Å². The Bertz CT molecular complexity index is 513. The molecule has 1 aromatic carbocycles. The van der Waals surface area contributed by atoms with Gasteiger partial charge in [0.05, 0.1) is 0 Å². The average molecular weight is 273 g/mol. The van der Waals surface area contributed by atoms with Gasteiger partial charge in [-0.05, 0) is 38.3 Å². The first-order valence-electron chi connectivity index (χ1n) is 5.95. The van der Waals surface area contributed by atoms with E-state index < -0.39 is 23.2 Å². The topological polar surface area (TPSA) is 49.3 Å². The van der Waals surface area contributed by atoms with Crippen molar-refractivity contribution in [2.45, 2.75) is 37.7 Å². The number of hydrogen-bond donors (Lipinski definition) is 2. The van der Waals surface area contributed by atoms with Crippen LogP contribution in [0.25, 0.3) is 0 Å². The highest BCUT2D eigenvalue weighted by molar-refractivity contribution is 5.97. The zero-order valence-electron chi connectivity index (χ0n) is 10.3. The van der Waals surface area contributed by atoms with E-state index in [0.29, 0.717) is 6.42 Å². The smallest absolute Gasteiger partial charge is 0.352 e. The van der Waals surface area contributed by atoms with Crippen LogP contribution in [-0.2, 0) is 4.79 Å². The highest BCUT2D eigenvalue weighted by atomic mass is 19.3. The Morgan fingerprint density at radius 2 is 2.05 bits per heavy atom. The second-order valence-electron chi connectivity index (χ2n) is 4.83. The zero-order valence-corrected chi connectivity index (χ0v) is 10.3. The standard InChI is InChI=1S/C13H14F3NO2/c1-8-9(14)4-2-5-10(8)17-11(18)13(15,16)12(19)6-3-7-12/h2,4-5,19H,3,6-7H2,1H3,(H,17,18). The number of nitrogens with one attached hydrogen (secondary N) is 1. The number of hydrogen-bond acceptors (Lipinski definition) is 2. The number of alkyl halides is 2. The van der Waals surface area contributed by atoms with Gasteiger partial charge in [0, 0.05) is 11.3 Å². The summed E-state index contributed by atoms with van der Waals surface area (Å²) in [5, 5.41) is 11.6. The van der Waals surface area contributed by atoms with Crippen LogP contribution in [0.15, 0.2) is 18.2 Å². The van der Waals surface area contributed by atoms with Crippen molar-refractivity contribution >= 4 is 11.6 Å². The van der Waals surface area contributed by atoms with Crippen LogP contribution >= 0.6 is 0 Å². The number of anilines is 1. The lowest BCUT2D eigenvalue weighted by atomic mass is 9.75. The summed E-state index contributed by atoms with van der Waals surface area (Å²) in [5.41, 5.74) is -2.22. The van der Waals surface area contributed by atoms with Gasteiger partial charge in [0.25, 0.3) is 5.91 Å². The van der Waals surface area contributed by atoms with Crippen LogP contribution in [0.2, 0.25) is 0 Å². The third kappa shape index (κ3) is 2.20. The largest absolute Gasteiger partial charge is 0.383 e. The van der Waals surface area contributed by atoms with E-state index in [1.807, 2.05) is 5.32 Å². The first kappa shape index (κ1) is 13.9. The van der Waals surface area contributed by atoms with Gasteiger partial charge in [-0.15, -0.1) is 0 Å². The summed E-state index contributed by atoms with van der Waals surface area (Å²) >= 11 is 0. The molecule has 0 aliphatic heterocycles. The van der Waals surface area contributed by atoms with Gasteiger partial charge in [-0.1, -0.05) is 6.07 Å². The third-order valence-electron chi connectivity index (χ3n) is 3.57. The molecule has 0 bridgehead atoms. The monoisotopic (exact) mass is 273 g/mol. The van der Waals surface area contributed by atoms with Gasteiger partial charge < -0.3 is 10.4 Å². The van der Waals surface area contributed by atoms with E-state index in [2.05, 4.69) is 0 Å². The number of aliphatic hydroxyl groups is 1. The second kappa shape index (κ2) is 4.52. The maximum absolute atomic E-state index is 13.8. The Morgan fingerprint density at radius 3 is 2.58 bits per heavy atom. The Balaban J connectivity index is 2.19. The van der Waals surface area contributed by atoms with E-state index in [0.717, 1.165) is 0 Å². The molecule has 1 fully saturated rings. The lowest BCUT2D eigenvalue weighted by molar-refractivity contribution is -0.212. The summed E-state index contributed by atoms with van der Waals surface area (Å²) in [7, 11) is 0. The SMILES string of the molecule is Cc1c(F)cccc1NC(=O)C(F)(F)C1(O)CCC1. The van der Waals surface area contributed by atoms with Crippen LogP contribution in [0, 0.1) is 12.7 Å². The van der Waals surface area contributed by atoms with Gasteiger partial charge in [-0.3, -0.25) is 4.79 Å². The number of carbonyl (C=O) groups is 1. The lowest BCUT2D eigenvalue weighted by Crippen LogP contribution is -2.59. The van der Waals surface area contributed by atoms with Gasteiger partial charge in [-0.2, -0.15) is 8.78 Å². The van der Waals surface area contributed by atoms with Crippen LogP contribution in [0.1, 0.15) is 24.8 Å². The molecule has 0 radical (unpaired) electrons. The summed E-state index contributed by atoms with van der Waals surface area (Å²) < 4.78 is 40.9. The van der Waals surface area contributed by atoms with E-state index >= 15 is 0 Å². The van der Waals surface area contributed by atoms with E-state index in [1.54, 1.807) is 0 Å². The molecule has 3 nitrogen and oxygen atoms in total. The van der Waals surface area contributed by atoms with Crippen molar-refractivity contribution < 1.29 is 23.1 Å². The minimum atomic E-state index is -3.88. The fourth-order valence-electron chi connectivity index (χ4n) is 1.98. The molecule has 104 valence electrons. The van der Waals surface area contributed by atoms with E-state index in [1.165, 1.54) is 25.1 Å². The van der Waals surface area contributed by atoms with Crippen LogP contribution < -0.4 is 5.32 Å². The van der Waals surface area contributed by atoms with Gasteiger partial charge in [0.15, 0.2) is 0 Å². The highest BCUT2D eigenvalue weighted by Gasteiger charge is 2.61. The molecule has 19 heavy (non-hydrogen) atoms. The van der Waals surface area contributed by atoms with Crippen molar-refractivity contribution in [2.24, 2.45) is 0 Å². The van der Waals surface area contributed by atoms with Gasteiger partial charge in [-0.25, -0.2) is 4.39 Å². The van der Waals surface area contributed by atoms with Crippen LogP contribution in [0.3, 0.4) is 0 Å². The molecular formula is C13H14F3NO2. The fourth-order valence-corrected chi connectivity index (χ4v) is 1.98. The summed E-state index contributed by atoms with van der Waals surface area (Å²) in [6, 6.07) is 3.81. The minimum absolute atomic E-state index is 0.0207. The molecule has 0 aromatic heterocycles. The molecule has 0 unspecified atom stereocenters.